The van der Waals surface area contributed by atoms with Gasteiger partial charge in [-0.25, -0.2) is 0 Å². The van der Waals surface area contributed by atoms with Crippen LogP contribution in [-0.4, -0.2) is 32.1 Å². The molecule has 1 fully saturated rings. The summed E-state index contributed by atoms with van der Waals surface area (Å²) >= 11 is 0. The lowest BCUT2D eigenvalue weighted by atomic mass is 9.94. The van der Waals surface area contributed by atoms with Crippen molar-refractivity contribution in [3.8, 4) is 11.5 Å². The van der Waals surface area contributed by atoms with Crippen molar-refractivity contribution in [1.82, 2.24) is 4.90 Å². The first-order chi connectivity index (χ1) is 8.81. The molecule has 4 heteroatoms. The average molecular weight is 249 g/mol. The number of likely N-dealkylation sites (tertiary alicyclic amines) is 1. The molecule has 4 nitrogen and oxygen atoms in total. The van der Waals surface area contributed by atoms with Crippen molar-refractivity contribution in [2.24, 2.45) is 0 Å². The molecule has 0 aliphatic carbocycles. The number of nitrogens with zero attached hydrogens (tertiary/aromatic N) is 1. The number of hydrogen-bond acceptors (Lipinski definition) is 3. The fourth-order valence-electron chi connectivity index (χ4n) is 2.60. The Morgan fingerprint density at radius 1 is 1.22 bits per heavy atom. The molecule has 2 rings (SSSR count). The van der Waals surface area contributed by atoms with Crippen LogP contribution in [0.5, 0.6) is 11.5 Å². The number of piperidine rings is 1. The molecule has 1 aromatic rings. The minimum absolute atomic E-state index is 0.0577. The normalized spacial score (nSPS) is 19.4. The second-order valence-corrected chi connectivity index (χ2v) is 4.43. The molecular formula is C14H19NO3. The van der Waals surface area contributed by atoms with E-state index in [-0.39, 0.29) is 6.04 Å². The van der Waals surface area contributed by atoms with Crippen LogP contribution >= 0.6 is 0 Å². The molecule has 1 saturated heterocycles. The summed E-state index contributed by atoms with van der Waals surface area (Å²) in [5.74, 6) is 1.57. The summed E-state index contributed by atoms with van der Waals surface area (Å²) in [5, 5.41) is 0. The van der Waals surface area contributed by atoms with Gasteiger partial charge in [-0.3, -0.25) is 4.79 Å². The Morgan fingerprint density at radius 2 is 1.89 bits per heavy atom. The summed E-state index contributed by atoms with van der Waals surface area (Å²) in [6.45, 7) is 0.801. The molecular weight excluding hydrogens is 230 g/mol. The quantitative estimate of drug-likeness (QED) is 0.769. The van der Waals surface area contributed by atoms with Crippen LogP contribution in [0.15, 0.2) is 18.2 Å². The number of carbonyl (C=O) groups excluding carboxylic acids is 1. The molecule has 1 aliphatic heterocycles. The first-order valence-electron chi connectivity index (χ1n) is 6.23. The standard InChI is InChI=1S/C14H19NO3/c1-17-12-7-5-8-13(18-2)14(12)11-6-3-4-9-15(11)10-16/h5,7-8,10-11H,3-4,6,9H2,1-2H3. The molecule has 0 N–H and O–H groups in total. The summed E-state index contributed by atoms with van der Waals surface area (Å²) in [6.07, 6.45) is 4.06. The predicted octanol–water partition coefficient (Wildman–Crippen LogP) is 2.39. The second kappa shape index (κ2) is 5.76. The van der Waals surface area contributed by atoms with Crippen molar-refractivity contribution < 1.29 is 14.3 Å². The van der Waals surface area contributed by atoms with E-state index < -0.39 is 0 Å². The minimum Gasteiger partial charge on any atom is -0.496 e. The predicted molar refractivity (Wildman–Crippen MR) is 68.9 cm³/mol. The number of benzene rings is 1. The van der Waals surface area contributed by atoms with Crippen LogP contribution in [0.4, 0.5) is 0 Å². The first kappa shape index (κ1) is 12.7. The van der Waals surface area contributed by atoms with Gasteiger partial charge in [0.25, 0.3) is 0 Å². The van der Waals surface area contributed by atoms with Gasteiger partial charge in [-0.05, 0) is 31.4 Å². The average Bonchev–Trinajstić information content (AvgIpc) is 2.46. The Balaban J connectivity index is 2.43. The molecule has 98 valence electrons. The van der Waals surface area contributed by atoms with E-state index in [1.807, 2.05) is 23.1 Å². The SMILES string of the molecule is COc1cccc(OC)c1C1CCCCN1C=O. The Kier molecular flexibility index (Phi) is 4.07. The van der Waals surface area contributed by atoms with Gasteiger partial charge in [0.15, 0.2) is 0 Å². The van der Waals surface area contributed by atoms with Crippen LogP contribution in [-0.2, 0) is 4.79 Å². The van der Waals surface area contributed by atoms with Gasteiger partial charge in [0.2, 0.25) is 6.41 Å². The fourth-order valence-corrected chi connectivity index (χ4v) is 2.60. The molecule has 1 aromatic carbocycles. The lowest BCUT2D eigenvalue weighted by Crippen LogP contribution is -2.32. The third kappa shape index (κ3) is 2.28. The molecule has 0 radical (unpaired) electrons. The van der Waals surface area contributed by atoms with Gasteiger partial charge in [0.1, 0.15) is 11.5 Å². The number of ether oxygens (including phenoxy) is 2. The van der Waals surface area contributed by atoms with Crippen LogP contribution in [0, 0.1) is 0 Å². The highest BCUT2D eigenvalue weighted by molar-refractivity contribution is 5.54. The topological polar surface area (TPSA) is 38.8 Å². The minimum atomic E-state index is 0.0577. The zero-order chi connectivity index (χ0) is 13.0. The zero-order valence-corrected chi connectivity index (χ0v) is 10.9. The van der Waals surface area contributed by atoms with Gasteiger partial charge in [0.05, 0.1) is 25.8 Å². The van der Waals surface area contributed by atoms with Crippen LogP contribution in [0.1, 0.15) is 30.9 Å². The van der Waals surface area contributed by atoms with Crippen LogP contribution < -0.4 is 9.47 Å². The van der Waals surface area contributed by atoms with Crippen molar-refractivity contribution in [3.63, 3.8) is 0 Å². The van der Waals surface area contributed by atoms with E-state index in [1.54, 1.807) is 14.2 Å². The first-order valence-corrected chi connectivity index (χ1v) is 6.23. The Morgan fingerprint density at radius 3 is 2.44 bits per heavy atom. The number of methoxy groups -OCH3 is 2. The van der Waals surface area contributed by atoms with Gasteiger partial charge >= 0.3 is 0 Å². The smallest absolute Gasteiger partial charge is 0.210 e. The lowest BCUT2D eigenvalue weighted by molar-refractivity contribution is -0.121. The summed E-state index contributed by atoms with van der Waals surface area (Å²) in [6, 6.07) is 5.78. The fraction of sp³-hybridized carbons (Fsp3) is 0.500. The van der Waals surface area contributed by atoms with Crippen LogP contribution in [0.3, 0.4) is 0 Å². The molecule has 1 heterocycles. The van der Waals surface area contributed by atoms with Crippen molar-refractivity contribution >= 4 is 6.41 Å². The van der Waals surface area contributed by atoms with E-state index in [4.69, 9.17) is 9.47 Å². The Bertz CT molecular complexity index is 397. The maximum absolute atomic E-state index is 11.2. The number of rotatable bonds is 4. The van der Waals surface area contributed by atoms with Crippen molar-refractivity contribution in [2.45, 2.75) is 25.3 Å². The number of hydrogen-bond donors (Lipinski definition) is 0. The molecule has 1 amide bonds. The molecule has 18 heavy (non-hydrogen) atoms. The monoisotopic (exact) mass is 249 g/mol. The summed E-state index contributed by atoms with van der Waals surface area (Å²) < 4.78 is 10.8. The van der Waals surface area contributed by atoms with E-state index in [0.29, 0.717) is 0 Å². The van der Waals surface area contributed by atoms with E-state index in [0.717, 1.165) is 49.3 Å². The van der Waals surface area contributed by atoms with Gasteiger partial charge in [-0.15, -0.1) is 0 Å². The number of amides is 1. The molecule has 1 aliphatic rings. The lowest BCUT2D eigenvalue weighted by Gasteiger charge is -2.34. The van der Waals surface area contributed by atoms with E-state index in [1.165, 1.54) is 0 Å². The maximum Gasteiger partial charge on any atom is 0.210 e. The summed E-state index contributed by atoms with van der Waals surface area (Å²) in [5.41, 5.74) is 0.981. The number of carbonyl (C=O) groups is 1. The summed E-state index contributed by atoms with van der Waals surface area (Å²) in [7, 11) is 3.29. The van der Waals surface area contributed by atoms with E-state index in [2.05, 4.69) is 0 Å². The highest BCUT2D eigenvalue weighted by atomic mass is 16.5. The summed E-state index contributed by atoms with van der Waals surface area (Å²) in [4.78, 5) is 13.0. The van der Waals surface area contributed by atoms with Crippen molar-refractivity contribution in [2.75, 3.05) is 20.8 Å². The van der Waals surface area contributed by atoms with Gasteiger partial charge in [-0.2, -0.15) is 0 Å². The third-order valence-corrected chi connectivity index (χ3v) is 3.48. The molecule has 1 unspecified atom stereocenters. The molecule has 0 bridgehead atoms. The Hall–Kier alpha value is -1.71. The van der Waals surface area contributed by atoms with Crippen LogP contribution in [0.25, 0.3) is 0 Å². The third-order valence-electron chi connectivity index (χ3n) is 3.48. The molecule has 0 aromatic heterocycles. The highest BCUT2D eigenvalue weighted by Crippen LogP contribution is 2.40. The van der Waals surface area contributed by atoms with Crippen LogP contribution in [0.2, 0.25) is 0 Å². The van der Waals surface area contributed by atoms with Gasteiger partial charge in [-0.1, -0.05) is 6.07 Å². The van der Waals surface area contributed by atoms with Gasteiger partial charge in [0, 0.05) is 6.54 Å². The molecule has 0 saturated carbocycles. The van der Waals surface area contributed by atoms with Crippen molar-refractivity contribution in [3.05, 3.63) is 23.8 Å². The Labute approximate surface area is 107 Å². The second-order valence-electron chi connectivity index (χ2n) is 4.43. The largest absolute Gasteiger partial charge is 0.496 e. The molecule has 1 atom stereocenters. The van der Waals surface area contributed by atoms with Gasteiger partial charge < -0.3 is 14.4 Å². The maximum atomic E-state index is 11.2. The van der Waals surface area contributed by atoms with E-state index in [9.17, 15) is 4.79 Å². The van der Waals surface area contributed by atoms with Crippen molar-refractivity contribution in [1.29, 1.82) is 0 Å². The zero-order valence-electron chi connectivity index (χ0n) is 10.9. The van der Waals surface area contributed by atoms with E-state index >= 15 is 0 Å². The highest BCUT2D eigenvalue weighted by Gasteiger charge is 2.28. The molecule has 0 spiro atoms.